The van der Waals surface area contributed by atoms with Crippen LogP contribution in [0.2, 0.25) is 0 Å². The van der Waals surface area contributed by atoms with Crippen LogP contribution in [0.4, 0.5) is 0 Å². The zero-order valence-corrected chi connectivity index (χ0v) is 14.0. The number of methoxy groups -OCH3 is 1. The van der Waals surface area contributed by atoms with Crippen LogP contribution < -0.4 is 14.8 Å². The van der Waals surface area contributed by atoms with Crippen LogP contribution in [-0.2, 0) is 17.6 Å². The maximum Gasteiger partial charge on any atom is 0.257 e. The lowest BCUT2D eigenvalue weighted by Crippen LogP contribution is -2.30. The number of thiophene rings is 1. The molecule has 0 bridgehead atoms. The van der Waals surface area contributed by atoms with Crippen LogP contribution in [0.15, 0.2) is 48.4 Å². The highest BCUT2D eigenvalue weighted by Gasteiger charge is 2.08. The first-order chi connectivity index (χ1) is 11.2. The van der Waals surface area contributed by atoms with Gasteiger partial charge in [-0.25, -0.2) is 0 Å². The maximum atomic E-state index is 11.8. The van der Waals surface area contributed by atoms with Gasteiger partial charge in [-0.05, 0) is 42.0 Å². The molecule has 0 aliphatic heterocycles. The molecule has 1 N–H and O–H groups in total. The molecule has 1 heterocycles. The van der Waals surface area contributed by atoms with Crippen LogP contribution in [0.5, 0.6) is 11.5 Å². The van der Waals surface area contributed by atoms with E-state index in [1.165, 1.54) is 4.88 Å². The smallest absolute Gasteiger partial charge is 0.257 e. The number of hydrogen-bond acceptors (Lipinski definition) is 4. The Labute approximate surface area is 140 Å². The second kappa shape index (κ2) is 9.00. The van der Waals surface area contributed by atoms with Crippen LogP contribution in [0, 0.1) is 0 Å². The van der Waals surface area contributed by atoms with Crippen molar-refractivity contribution in [3.05, 3.63) is 58.8 Å². The molecule has 0 aliphatic rings. The average Bonchev–Trinajstić information content (AvgIpc) is 3.07. The first-order valence-corrected chi connectivity index (χ1v) is 8.30. The SMILES string of the molecule is C=CCc1ccc(OCC(=O)NCCc2cccs2)c(OC)c1. The van der Waals surface area contributed by atoms with Gasteiger partial charge in [0.25, 0.3) is 5.91 Å². The van der Waals surface area contributed by atoms with Crippen molar-refractivity contribution in [2.45, 2.75) is 12.8 Å². The fraction of sp³-hybridized carbons (Fsp3) is 0.278. The van der Waals surface area contributed by atoms with Crippen molar-refractivity contribution >= 4 is 17.2 Å². The quantitative estimate of drug-likeness (QED) is 0.718. The summed E-state index contributed by atoms with van der Waals surface area (Å²) in [7, 11) is 1.58. The molecule has 23 heavy (non-hydrogen) atoms. The van der Waals surface area contributed by atoms with E-state index in [0.29, 0.717) is 18.0 Å². The number of ether oxygens (including phenoxy) is 2. The topological polar surface area (TPSA) is 47.6 Å². The molecule has 1 amide bonds. The van der Waals surface area contributed by atoms with E-state index in [-0.39, 0.29) is 12.5 Å². The van der Waals surface area contributed by atoms with Crippen LogP contribution in [0.3, 0.4) is 0 Å². The molecule has 0 aliphatic carbocycles. The van der Waals surface area contributed by atoms with E-state index in [2.05, 4.69) is 18.0 Å². The van der Waals surface area contributed by atoms with E-state index in [1.807, 2.05) is 35.7 Å². The summed E-state index contributed by atoms with van der Waals surface area (Å²) in [5.74, 6) is 1.04. The second-order valence-corrected chi connectivity index (χ2v) is 5.98. The van der Waals surface area contributed by atoms with Crippen molar-refractivity contribution in [3.63, 3.8) is 0 Å². The number of hydrogen-bond donors (Lipinski definition) is 1. The Balaban J connectivity index is 1.80. The monoisotopic (exact) mass is 331 g/mol. The van der Waals surface area contributed by atoms with E-state index in [4.69, 9.17) is 9.47 Å². The van der Waals surface area contributed by atoms with Crippen molar-refractivity contribution in [2.75, 3.05) is 20.3 Å². The predicted octanol–water partition coefficient (Wildman–Crippen LogP) is 3.22. The standard InChI is InChI=1S/C18H21NO3S/c1-3-5-14-7-8-16(17(12-14)21-2)22-13-18(20)19-10-9-15-6-4-11-23-15/h3-4,6-8,11-12H,1,5,9-10,13H2,2H3,(H,19,20). The fourth-order valence-corrected chi connectivity index (χ4v) is 2.81. The van der Waals surface area contributed by atoms with Crippen LogP contribution in [0.1, 0.15) is 10.4 Å². The third-order valence-electron chi connectivity index (χ3n) is 3.24. The minimum atomic E-state index is -0.140. The van der Waals surface area contributed by atoms with Gasteiger partial charge in [0, 0.05) is 11.4 Å². The Bertz CT molecular complexity index is 638. The van der Waals surface area contributed by atoms with E-state index in [9.17, 15) is 4.79 Å². The number of carbonyl (C=O) groups is 1. The molecule has 122 valence electrons. The summed E-state index contributed by atoms with van der Waals surface area (Å²) in [6, 6.07) is 9.72. The first-order valence-electron chi connectivity index (χ1n) is 7.42. The maximum absolute atomic E-state index is 11.8. The van der Waals surface area contributed by atoms with Crippen molar-refractivity contribution in [1.29, 1.82) is 0 Å². The lowest BCUT2D eigenvalue weighted by atomic mass is 10.1. The van der Waals surface area contributed by atoms with Gasteiger partial charge in [-0.15, -0.1) is 17.9 Å². The Morgan fingerprint density at radius 3 is 2.91 bits per heavy atom. The molecule has 0 saturated carbocycles. The van der Waals surface area contributed by atoms with Gasteiger partial charge >= 0.3 is 0 Å². The summed E-state index contributed by atoms with van der Waals surface area (Å²) in [4.78, 5) is 13.1. The number of benzene rings is 1. The van der Waals surface area contributed by atoms with Gasteiger partial charge in [0.15, 0.2) is 18.1 Å². The minimum absolute atomic E-state index is 0.0262. The van der Waals surface area contributed by atoms with Gasteiger partial charge in [0.2, 0.25) is 0 Å². The summed E-state index contributed by atoms with van der Waals surface area (Å²) < 4.78 is 10.9. The number of nitrogens with one attached hydrogen (secondary N) is 1. The lowest BCUT2D eigenvalue weighted by Gasteiger charge is -2.12. The highest BCUT2D eigenvalue weighted by molar-refractivity contribution is 7.09. The molecule has 4 nitrogen and oxygen atoms in total. The van der Waals surface area contributed by atoms with Gasteiger partial charge < -0.3 is 14.8 Å². The fourth-order valence-electron chi connectivity index (χ4n) is 2.10. The number of carbonyl (C=O) groups excluding carboxylic acids is 1. The van der Waals surface area contributed by atoms with Crippen LogP contribution >= 0.6 is 11.3 Å². The summed E-state index contributed by atoms with van der Waals surface area (Å²) >= 11 is 1.69. The summed E-state index contributed by atoms with van der Waals surface area (Å²) in [6.45, 7) is 4.30. The van der Waals surface area contributed by atoms with Crippen molar-refractivity contribution < 1.29 is 14.3 Å². The minimum Gasteiger partial charge on any atom is -0.493 e. The summed E-state index contributed by atoms with van der Waals surface area (Å²) in [5, 5.41) is 4.88. The molecule has 0 radical (unpaired) electrons. The van der Waals surface area contributed by atoms with Crippen molar-refractivity contribution in [2.24, 2.45) is 0 Å². The van der Waals surface area contributed by atoms with E-state index in [1.54, 1.807) is 18.4 Å². The largest absolute Gasteiger partial charge is 0.493 e. The third kappa shape index (κ3) is 5.45. The lowest BCUT2D eigenvalue weighted by molar-refractivity contribution is -0.123. The Morgan fingerprint density at radius 2 is 2.22 bits per heavy atom. The molecule has 0 spiro atoms. The van der Waals surface area contributed by atoms with Gasteiger partial charge in [-0.3, -0.25) is 4.79 Å². The van der Waals surface area contributed by atoms with E-state index >= 15 is 0 Å². The molecule has 0 unspecified atom stereocenters. The Morgan fingerprint density at radius 1 is 1.35 bits per heavy atom. The molecule has 1 aromatic heterocycles. The number of allylic oxidation sites excluding steroid dienone is 1. The average molecular weight is 331 g/mol. The molecular weight excluding hydrogens is 310 g/mol. The van der Waals surface area contributed by atoms with Gasteiger partial charge in [-0.2, -0.15) is 0 Å². The third-order valence-corrected chi connectivity index (χ3v) is 4.18. The zero-order chi connectivity index (χ0) is 16.5. The molecule has 2 rings (SSSR count). The van der Waals surface area contributed by atoms with Gasteiger partial charge in [0.1, 0.15) is 0 Å². The molecular formula is C18H21NO3S. The number of amides is 1. The summed E-state index contributed by atoms with van der Waals surface area (Å²) in [5.41, 5.74) is 1.09. The van der Waals surface area contributed by atoms with Gasteiger partial charge in [0.05, 0.1) is 7.11 Å². The molecule has 5 heteroatoms. The Kier molecular flexibility index (Phi) is 6.69. The first kappa shape index (κ1) is 17.1. The van der Waals surface area contributed by atoms with Crippen molar-refractivity contribution in [1.82, 2.24) is 5.32 Å². The number of rotatable bonds is 9. The normalized spacial score (nSPS) is 10.1. The predicted molar refractivity (Wildman–Crippen MR) is 93.4 cm³/mol. The second-order valence-electron chi connectivity index (χ2n) is 4.95. The summed E-state index contributed by atoms with van der Waals surface area (Å²) in [6.07, 6.45) is 3.43. The zero-order valence-electron chi connectivity index (χ0n) is 13.2. The van der Waals surface area contributed by atoms with Crippen LogP contribution in [-0.4, -0.2) is 26.2 Å². The molecule has 0 saturated heterocycles. The highest BCUT2D eigenvalue weighted by atomic mass is 32.1. The van der Waals surface area contributed by atoms with Crippen molar-refractivity contribution in [3.8, 4) is 11.5 Å². The Hall–Kier alpha value is -2.27. The highest BCUT2D eigenvalue weighted by Crippen LogP contribution is 2.28. The van der Waals surface area contributed by atoms with Crippen LogP contribution in [0.25, 0.3) is 0 Å². The van der Waals surface area contributed by atoms with E-state index in [0.717, 1.165) is 18.4 Å². The molecule has 2 aromatic rings. The van der Waals surface area contributed by atoms with Gasteiger partial charge in [-0.1, -0.05) is 18.2 Å². The van der Waals surface area contributed by atoms with E-state index < -0.39 is 0 Å². The molecule has 0 fully saturated rings. The molecule has 1 aromatic carbocycles. The molecule has 0 atom stereocenters.